The van der Waals surface area contributed by atoms with Crippen molar-refractivity contribution in [2.75, 3.05) is 18.1 Å². The Balaban J connectivity index is 1.21. The summed E-state index contributed by atoms with van der Waals surface area (Å²) in [6.07, 6.45) is -1.21. The van der Waals surface area contributed by atoms with Crippen molar-refractivity contribution in [1.29, 1.82) is 0 Å². The molecular formula is C26H25F5N4O3. The van der Waals surface area contributed by atoms with Gasteiger partial charge in [0.25, 0.3) is 0 Å². The lowest BCUT2D eigenvalue weighted by molar-refractivity contribution is -0.137. The van der Waals surface area contributed by atoms with Crippen LogP contribution in [0, 0.1) is 11.6 Å². The van der Waals surface area contributed by atoms with Crippen LogP contribution in [0.15, 0.2) is 42.6 Å². The van der Waals surface area contributed by atoms with Gasteiger partial charge in [0.2, 0.25) is 5.88 Å². The highest BCUT2D eigenvalue weighted by Gasteiger charge is 2.43. The molecule has 7 nitrogen and oxygen atoms in total. The molecule has 0 radical (unpaired) electrons. The Hall–Kier alpha value is -3.25. The molecule has 1 aromatic carbocycles. The number of benzene rings is 1. The first kappa shape index (κ1) is 25.1. The molecule has 0 N–H and O–H groups in total. The Labute approximate surface area is 215 Å². The number of nitrogens with zero attached hydrogens (tertiary/aromatic N) is 4. The molecule has 3 fully saturated rings. The topological polar surface area (TPSA) is 61.6 Å². The molecular weight excluding hydrogens is 511 g/mol. The van der Waals surface area contributed by atoms with Crippen LogP contribution in [0.25, 0.3) is 11.3 Å². The van der Waals surface area contributed by atoms with E-state index in [-0.39, 0.29) is 30.3 Å². The second-order valence-corrected chi connectivity index (χ2v) is 9.79. The summed E-state index contributed by atoms with van der Waals surface area (Å²) in [7, 11) is 0. The van der Waals surface area contributed by atoms with Crippen molar-refractivity contribution in [3.8, 4) is 17.1 Å². The van der Waals surface area contributed by atoms with E-state index < -0.39 is 29.7 Å². The number of hydrogen-bond donors (Lipinski definition) is 0. The molecule has 3 aliphatic rings. The van der Waals surface area contributed by atoms with Gasteiger partial charge in [-0.1, -0.05) is 0 Å². The van der Waals surface area contributed by atoms with Crippen LogP contribution in [-0.2, 0) is 22.2 Å². The van der Waals surface area contributed by atoms with Gasteiger partial charge in [0.15, 0.2) is 6.29 Å². The molecule has 3 aliphatic heterocycles. The van der Waals surface area contributed by atoms with Gasteiger partial charge in [-0.2, -0.15) is 18.3 Å². The molecule has 2 bridgehead atoms. The second kappa shape index (κ2) is 9.81. The molecule has 0 amide bonds. The number of pyridine rings is 1. The molecule has 3 aromatic rings. The van der Waals surface area contributed by atoms with Gasteiger partial charge < -0.3 is 19.1 Å². The van der Waals surface area contributed by atoms with E-state index in [1.54, 1.807) is 10.7 Å². The quantitative estimate of drug-likeness (QED) is 0.404. The number of rotatable bonds is 6. The highest BCUT2D eigenvalue weighted by atomic mass is 19.4. The third kappa shape index (κ3) is 5.06. The lowest BCUT2D eigenvalue weighted by Gasteiger charge is -2.39. The van der Waals surface area contributed by atoms with Gasteiger partial charge in [-0.25, -0.2) is 18.4 Å². The summed E-state index contributed by atoms with van der Waals surface area (Å²) in [5.74, 6) is -0.463. The molecule has 0 saturated carbocycles. The highest BCUT2D eigenvalue weighted by Crippen LogP contribution is 2.41. The van der Waals surface area contributed by atoms with Crippen molar-refractivity contribution in [2.24, 2.45) is 0 Å². The number of piperidine rings is 1. The standard InChI is InChI=1S/C26H25F5N4O3/c27-17-7-15(8-18(28)9-17)22-12-24(34(33-22)14-25-36-5-6-37-25)38-21-10-19-2-3-20(11-21)35(19)23-4-1-16(13-32-23)26(29,30)31/h1,4,7-9,12-13,19-21,25H,2-3,5-6,10-11,14H2. The largest absolute Gasteiger partial charge is 0.474 e. The van der Waals surface area contributed by atoms with Crippen LogP contribution in [-0.4, -0.2) is 52.5 Å². The van der Waals surface area contributed by atoms with Gasteiger partial charge in [0.1, 0.15) is 23.6 Å². The zero-order valence-corrected chi connectivity index (χ0v) is 20.2. The summed E-state index contributed by atoms with van der Waals surface area (Å²) in [6, 6.07) is 7.48. The van der Waals surface area contributed by atoms with Crippen molar-refractivity contribution in [3.63, 3.8) is 0 Å². The van der Waals surface area contributed by atoms with Crippen molar-refractivity contribution >= 4 is 5.82 Å². The number of halogens is 5. The molecule has 2 aromatic heterocycles. The first-order chi connectivity index (χ1) is 18.2. The number of ether oxygens (including phenoxy) is 3. The minimum absolute atomic E-state index is 0.0673. The van der Waals surface area contributed by atoms with Crippen LogP contribution >= 0.6 is 0 Å². The van der Waals surface area contributed by atoms with Crippen molar-refractivity contribution < 1.29 is 36.2 Å². The van der Waals surface area contributed by atoms with E-state index in [1.165, 1.54) is 18.2 Å². The molecule has 0 aliphatic carbocycles. The third-order valence-corrected chi connectivity index (χ3v) is 7.23. The average molecular weight is 537 g/mol. The van der Waals surface area contributed by atoms with Crippen LogP contribution in [0.2, 0.25) is 0 Å². The number of hydrogen-bond acceptors (Lipinski definition) is 6. The molecule has 202 valence electrons. The van der Waals surface area contributed by atoms with Crippen LogP contribution in [0.3, 0.4) is 0 Å². The molecule has 3 saturated heterocycles. The highest BCUT2D eigenvalue weighted by molar-refractivity contribution is 5.60. The lowest BCUT2D eigenvalue weighted by atomic mass is 9.99. The molecule has 12 heteroatoms. The van der Waals surface area contributed by atoms with Crippen LogP contribution < -0.4 is 9.64 Å². The van der Waals surface area contributed by atoms with E-state index in [1.807, 2.05) is 0 Å². The number of aromatic nitrogens is 3. The minimum atomic E-state index is -4.43. The van der Waals surface area contributed by atoms with Crippen LogP contribution in [0.4, 0.5) is 27.8 Å². The molecule has 6 rings (SSSR count). The predicted octanol–water partition coefficient (Wildman–Crippen LogP) is 5.19. The Kier molecular flexibility index (Phi) is 6.47. The maximum Gasteiger partial charge on any atom is 0.417 e. The summed E-state index contributed by atoms with van der Waals surface area (Å²) in [4.78, 5) is 6.20. The summed E-state index contributed by atoms with van der Waals surface area (Å²) in [5, 5.41) is 4.52. The van der Waals surface area contributed by atoms with E-state index in [0.717, 1.165) is 31.2 Å². The van der Waals surface area contributed by atoms with Gasteiger partial charge in [0.05, 0.1) is 31.0 Å². The van der Waals surface area contributed by atoms with Crippen LogP contribution in [0.5, 0.6) is 5.88 Å². The fourth-order valence-electron chi connectivity index (χ4n) is 5.60. The Morgan fingerprint density at radius 2 is 1.63 bits per heavy atom. The van der Waals surface area contributed by atoms with Crippen molar-refractivity contribution in [3.05, 3.63) is 59.8 Å². The lowest BCUT2D eigenvalue weighted by Crippen LogP contribution is -2.47. The SMILES string of the molecule is Fc1cc(F)cc(-c2cc(OC3CC4CCC(C3)N4c3ccc(C(F)(F)F)cn3)n(CC3OCCO3)n2)c1. The van der Waals surface area contributed by atoms with Crippen molar-refractivity contribution in [2.45, 2.75) is 62.9 Å². The summed E-state index contributed by atoms with van der Waals surface area (Å²) in [5.41, 5.74) is -0.141. The fourth-order valence-corrected chi connectivity index (χ4v) is 5.60. The van der Waals surface area contributed by atoms with Gasteiger partial charge in [-0.3, -0.25) is 0 Å². The average Bonchev–Trinajstić information content (AvgIpc) is 3.58. The normalized spacial score (nSPS) is 23.8. The third-order valence-electron chi connectivity index (χ3n) is 7.23. The zero-order valence-electron chi connectivity index (χ0n) is 20.2. The maximum absolute atomic E-state index is 13.9. The fraction of sp³-hybridized carbons (Fsp3) is 0.462. The van der Waals surface area contributed by atoms with Crippen LogP contribution in [0.1, 0.15) is 31.2 Å². The van der Waals surface area contributed by atoms with E-state index in [2.05, 4.69) is 15.0 Å². The van der Waals surface area contributed by atoms with E-state index in [4.69, 9.17) is 14.2 Å². The molecule has 0 spiro atoms. The first-order valence-electron chi connectivity index (χ1n) is 12.5. The number of anilines is 1. The van der Waals surface area contributed by atoms with E-state index in [9.17, 15) is 22.0 Å². The number of fused-ring (bicyclic) bond motifs is 2. The molecule has 2 atom stereocenters. The van der Waals surface area contributed by atoms with Gasteiger partial charge in [0, 0.05) is 48.8 Å². The van der Waals surface area contributed by atoms with Crippen molar-refractivity contribution in [1.82, 2.24) is 14.8 Å². The first-order valence-corrected chi connectivity index (χ1v) is 12.5. The van der Waals surface area contributed by atoms with E-state index >= 15 is 0 Å². The van der Waals surface area contributed by atoms with Gasteiger partial charge in [-0.05, 0) is 37.1 Å². The monoisotopic (exact) mass is 536 g/mol. The zero-order chi connectivity index (χ0) is 26.4. The molecule has 5 heterocycles. The summed E-state index contributed by atoms with van der Waals surface area (Å²) in [6.45, 7) is 1.17. The van der Waals surface area contributed by atoms with Gasteiger partial charge >= 0.3 is 6.18 Å². The maximum atomic E-state index is 13.9. The summed E-state index contributed by atoms with van der Waals surface area (Å²) >= 11 is 0. The van der Waals surface area contributed by atoms with E-state index in [0.29, 0.717) is 43.4 Å². The Morgan fingerprint density at radius 3 is 2.24 bits per heavy atom. The summed E-state index contributed by atoms with van der Waals surface area (Å²) < 4.78 is 85.7. The number of alkyl halides is 3. The Bertz CT molecular complexity index is 1260. The molecule has 38 heavy (non-hydrogen) atoms. The second-order valence-electron chi connectivity index (χ2n) is 9.79. The predicted molar refractivity (Wildman–Crippen MR) is 125 cm³/mol. The minimum Gasteiger partial charge on any atom is -0.474 e. The Morgan fingerprint density at radius 1 is 0.947 bits per heavy atom. The molecule has 2 unspecified atom stereocenters. The smallest absolute Gasteiger partial charge is 0.417 e. The van der Waals surface area contributed by atoms with Gasteiger partial charge in [-0.15, -0.1) is 0 Å².